The van der Waals surface area contributed by atoms with E-state index in [2.05, 4.69) is 15.4 Å². The lowest BCUT2D eigenvalue weighted by Crippen LogP contribution is -2.31. The molecule has 0 bridgehead atoms. The molecule has 0 aliphatic carbocycles. The molecule has 0 radical (unpaired) electrons. The molecular weight excluding hydrogens is 233 g/mol. The first-order chi connectivity index (χ1) is 8.72. The van der Waals surface area contributed by atoms with Gasteiger partial charge in [-0.25, -0.2) is 9.37 Å². The van der Waals surface area contributed by atoms with Crippen LogP contribution in [-0.2, 0) is 6.42 Å². The Morgan fingerprint density at radius 3 is 2.61 bits per heavy atom. The summed E-state index contributed by atoms with van der Waals surface area (Å²) in [7, 11) is 0. The van der Waals surface area contributed by atoms with Crippen molar-refractivity contribution in [1.82, 2.24) is 15.4 Å². The second kappa shape index (κ2) is 5.52. The van der Waals surface area contributed by atoms with Crippen molar-refractivity contribution in [2.75, 3.05) is 5.73 Å². The first kappa shape index (κ1) is 12.4. The van der Waals surface area contributed by atoms with Crippen LogP contribution in [0.25, 0.3) is 0 Å². The van der Waals surface area contributed by atoms with E-state index in [0.717, 1.165) is 5.56 Å². The van der Waals surface area contributed by atoms with Crippen LogP contribution in [0.4, 0.5) is 10.2 Å². The zero-order valence-corrected chi connectivity index (χ0v) is 9.68. The van der Waals surface area contributed by atoms with Crippen LogP contribution in [0.1, 0.15) is 17.3 Å². The quantitative estimate of drug-likeness (QED) is 0.552. The SMILES string of the molecule is NNC(Cc1cccnc1N)c1ncccc1F. The first-order valence-corrected chi connectivity index (χ1v) is 5.48. The molecule has 1 atom stereocenters. The van der Waals surface area contributed by atoms with Crippen molar-refractivity contribution in [2.24, 2.45) is 5.84 Å². The van der Waals surface area contributed by atoms with Gasteiger partial charge >= 0.3 is 0 Å². The van der Waals surface area contributed by atoms with Gasteiger partial charge in [-0.15, -0.1) is 0 Å². The molecule has 0 saturated carbocycles. The minimum Gasteiger partial charge on any atom is -0.383 e. The number of nitrogens with zero attached hydrogens (tertiary/aromatic N) is 2. The van der Waals surface area contributed by atoms with Crippen molar-refractivity contribution in [3.63, 3.8) is 0 Å². The average Bonchev–Trinajstić information content (AvgIpc) is 2.39. The minimum atomic E-state index is -0.447. The van der Waals surface area contributed by atoms with Crippen molar-refractivity contribution >= 4 is 5.82 Å². The molecule has 6 heteroatoms. The Balaban J connectivity index is 2.26. The van der Waals surface area contributed by atoms with Gasteiger partial charge in [0.1, 0.15) is 11.6 Å². The van der Waals surface area contributed by atoms with Gasteiger partial charge in [0.05, 0.1) is 11.7 Å². The monoisotopic (exact) mass is 247 g/mol. The zero-order chi connectivity index (χ0) is 13.0. The molecule has 0 aliphatic heterocycles. The summed E-state index contributed by atoms with van der Waals surface area (Å²) < 4.78 is 13.6. The van der Waals surface area contributed by atoms with Crippen LogP contribution < -0.4 is 17.0 Å². The summed E-state index contributed by atoms with van der Waals surface area (Å²) in [4.78, 5) is 7.97. The van der Waals surface area contributed by atoms with E-state index in [1.54, 1.807) is 12.3 Å². The smallest absolute Gasteiger partial charge is 0.146 e. The highest BCUT2D eigenvalue weighted by Crippen LogP contribution is 2.20. The summed E-state index contributed by atoms with van der Waals surface area (Å²) in [5, 5.41) is 0. The molecule has 5 N–H and O–H groups in total. The number of hydrogen-bond acceptors (Lipinski definition) is 5. The van der Waals surface area contributed by atoms with E-state index in [-0.39, 0.29) is 5.69 Å². The molecule has 1 unspecified atom stereocenters. The van der Waals surface area contributed by atoms with Gasteiger partial charge in [-0.3, -0.25) is 16.3 Å². The number of nitrogens with one attached hydrogen (secondary N) is 1. The number of hydrogen-bond donors (Lipinski definition) is 3. The summed E-state index contributed by atoms with van der Waals surface area (Å²) in [5.74, 6) is 5.46. The lowest BCUT2D eigenvalue weighted by Gasteiger charge is -2.16. The Morgan fingerprint density at radius 2 is 1.94 bits per heavy atom. The van der Waals surface area contributed by atoms with E-state index >= 15 is 0 Å². The first-order valence-electron chi connectivity index (χ1n) is 5.48. The summed E-state index contributed by atoms with van der Waals surface area (Å²) >= 11 is 0. The predicted octanol–water partition coefficient (Wildman–Crippen LogP) is 0.945. The Bertz CT molecular complexity index is 531. The molecule has 0 saturated heterocycles. The number of anilines is 1. The van der Waals surface area contributed by atoms with E-state index in [1.165, 1.54) is 18.3 Å². The van der Waals surface area contributed by atoms with Crippen molar-refractivity contribution in [3.8, 4) is 0 Å². The summed E-state index contributed by atoms with van der Waals surface area (Å²) in [5.41, 5.74) is 9.36. The normalized spacial score (nSPS) is 12.3. The Kier molecular flexibility index (Phi) is 3.81. The maximum atomic E-state index is 13.6. The second-order valence-corrected chi connectivity index (χ2v) is 3.84. The number of hydrazine groups is 1. The van der Waals surface area contributed by atoms with Gasteiger partial charge in [-0.05, 0) is 30.2 Å². The van der Waals surface area contributed by atoms with E-state index in [0.29, 0.717) is 12.2 Å². The molecular formula is C12H14FN5. The maximum absolute atomic E-state index is 13.6. The highest BCUT2D eigenvalue weighted by atomic mass is 19.1. The standard InChI is InChI=1S/C12H14FN5/c13-9-4-2-5-16-11(9)10(18-15)7-8-3-1-6-17-12(8)14/h1-6,10,18H,7,15H2,(H2,14,17). The number of aromatic nitrogens is 2. The lowest BCUT2D eigenvalue weighted by molar-refractivity contribution is 0.495. The molecule has 0 aliphatic rings. The van der Waals surface area contributed by atoms with Crippen molar-refractivity contribution in [1.29, 1.82) is 0 Å². The number of pyridine rings is 2. The second-order valence-electron chi connectivity index (χ2n) is 3.84. The molecule has 5 nitrogen and oxygen atoms in total. The fourth-order valence-corrected chi connectivity index (χ4v) is 1.73. The number of rotatable bonds is 4. The third-order valence-corrected chi connectivity index (χ3v) is 2.67. The third-order valence-electron chi connectivity index (χ3n) is 2.67. The van der Waals surface area contributed by atoms with E-state index in [4.69, 9.17) is 11.6 Å². The van der Waals surface area contributed by atoms with Crippen molar-refractivity contribution in [3.05, 3.63) is 53.7 Å². The number of nitrogen functional groups attached to an aromatic ring is 1. The summed E-state index contributed by atoms with van der Waals surface area (Å²) in [6.45, 7) is 0. The van der Waals surface area contributed by atoms with E-state index in [9.17, 15) is 4.39 Å². The Morgan fingerprint density at radius 1 is 1.22 bits per heavy atom. The average molecular weight is 247 g/mol. The Hall–Kier alpha value is -2.05. The van der Waals surface area contributed by atoms with Gasteiger partial charge in [0.25, 0.3) is 0 Å². The molecule has 2 aromatic rings. The van der Waals surface area contributed by atoms with E-state index in [1.807, 2.05) is 6.07 Å². The third kappa shape index (κ3) is 2.61. The highest BCUT2D eigenvalue weighted by molar-refractivity contribution is 5.39. The molecule has 0 fully saturated rings. The van der Waals surface area contributed by atoms with Crippen LogP contribution in [0.5, 0.6) is 0 Å². The molecule has 2 rings (SSSR count). The van der Waals surface area contributed by atoms with Crippen molar-refractivity contribution < 1.29 is 4.39 Å². The Labute approximate surface area is 104 Å². The molecule has 0 spiro atoms. The van der Waals surface area contributed by atoms with Crippen LogP contribution in [0.3, 0.4) is 0 Å². The van der Waals surface area contributed by atoms with Gasteiger partial charge in [0.15, 0.2) is 0 Å². The molecule has 2 aromatic heterocycles. The zero-order valence-electron chi connectivity index (χ0n) is 9.68. The van der Waals surface area contributed by atoms with Gasteiger partial charge in [0.2, 0.25) is 0 Å². The summed E-state index contributed by atoms with van der Waals surface area (Å²) in [6, 6.07) is 6.03. The molecule has 94 valence electrons. The fraction of sp³-hybridized carbons (Fsp3) is 0.167. The van der Waals surface area contributed by atoms with E-state index < -0.39 is 11.9 Å². The van der Waals surface area contributed by atoms with Crippen LogP contribution in [-0.4, -0.2) is 9.97 Å². The van der Waals surface area contributed by atoms with Crippen LogP contribution in [0, 0.1) is 5.82 Å². The van der Waals surface area contributed by atoms with Gasteiger partial charge < -0.3 is 5.73 Å². The van der Waals surface area contributed by atoms with Crippen LogP contribution in [0.2, 0.25) is 0 Å². The molecule has 0 aromatic carbocycles. The molecule has 0 amide bonds. The lowest BCUT2D eigenvalue weighted by atomic mass is 10.0. The fourth-order valence-electron chi connectivity index (χ4n) is 1.73. The van der Waals surface area contributed by atoms with Gasteiger partial charge in [-0.1, -0.05) is 6.07 Å². The van der Waals surface area contributed by atoms with Crippen LogP contribution in [0.15, 0.2) is 36.7 Å². The van der Waals surface area contributed by atoms with Gasteiger partial charge in [0, 0.05) is 12.4 Å². The number of halogens is 1. The molecule has 18 heavy (non-hydrogen) atoms. The summed E-state index contributed by atoms with van der Waals surface area (Å²) in [6.07, 6.45) is 3.55. The largest absolute Gasteiger partial charge is 0.383 e. The number of nitrogens with two attached hydrogens (primary N) is 2. The molecule has 2 heterocycles. The highest BCUT2D eigenvalue weighted by Gasteiger charge is 2.17. The van der Waals surface area contributed by atoms with Crippen molar-refractivity contribution in [2.45, 2.75) is 12.5 Å². The van der Waals surface area contributed by atoms with Gasteiger partial charge in [-0.2, -0.15) is 0 Å². The van der Waals surface area contributed by atoms with Crippen LogP contribution >= 0.6 is 0 Å². The predicted molar refractivity (Wildman–Crippen MR) is 66.6 cm³/mol. The minimum absolute atomic E-state index is 0.267. The topological polar surface area (TPSA) is 89.8 Å². The maximum Gasteiger partial charge on any atom is 0.146 e.